The van der Waals surface area contributed by atoms with E-state index in [0.29, 0.717) is 24.6 Å². The molecule has 3 heterocycles. The largest absolute Gasteiger partial charge is 0.340 e. The van der Waals surface area contributed by atoms with Gasteiger partial charge in [0, 0.05) is 68.8 Å². The first-order chi connectivity index (χ1) is 15.6. The second-order valence-electron chi connectivity index (χ2n) is 8.56. The predicted octanol–water partition coefficient (Wildman–Crippen LogP) is 2.55. The fraction of sp³-hybridized carbons (Fsp3) is 0.417. The topological polar surface area (TPSA) is 75.0 Å². The lowest BCUT2D eigenvalue weighted by Crippen LogP contribution is -2.48. The number of ketones is 1. The van der Waals surface area contributed by atoms with Gasteiger partial charge >= 0.3 is 0 Å². The van der Waals surface area contributed by atoms with Crippen LogP contribution in [0.2, 0.25) is 0 Å². The molecule has 0 bridgehead atoms. The first kappa shape index (κ1) is 21.0. The minimum absolute atomic E-state index is 0.0375. The maximum atomic E-state index is 12.6. The molecule has 1 amide bonds. The van der Waals surface area contributed by atoms with Gasteiger partial charge in [-0.1, -0.05) is 12.1 Å². The quantitative estimate of drug-likeness (QED) is 0.540. The molecule has 0 radical (unpaired) electrons. The summed E-state index contributed by atoms with van der Waals surface area (Å²) in [4.78, 5) is 46.7. The van der Waals surface area contributed by atoms with Crippen LogP contribution in [0.3, 0.4) is 0 Å². The van der Waals surface area contributed by atoms with Crippen molar-refractivity contribution in [3.63, 3.8) is 0 Å². The van der Waals surface area contributed by atoms with E-state index >= 15 is 0 Å². The first-order valence-electron chi connectivity index (χ1n) is 11.2. The van der Waals surface area contributed by atoms with Crippen LogP contribution < -0.4 is 5.56 Å². The van der Waals surface area contributed by atoms with E-state index in [1.54, 1.807) is 16.7 Å². The van der Waals surface area contributed by atoms with Crippen molar-refractivity contribution in [1.29, 1.82) is 0 Å². The van der Waals surface area contributed by atoms with Gasteiger partial charge in [-0.3, -0.25) is 23.7 Å². The van der Waals surface area contributed by atoms with Gasteiger partial charge in [-0.05, 0) is 36.5 Å². The lowest BCUT2D eigenvalue weighted by molar-refractivity contribution is -0.133. The molecule has 1 aliphatic heterocycles. The van der Waals surface area contributed by atoms with Gasteiger partial charge in [-0.15, -0.1) is 11.3 Å². The molecule has 0 unspecified atom stereocenters. The monoisotopic (exact) mass is 450 g/mol. The van der Waals surface area contributed by atoms with Crippen LogP contribution >= 0.6 is 11.3 Å². The van der Waals surface area contributed by atoms with E-state index in [0.717, 1.165) is 43.6 Å². The van der Waals surface area contributed by atoms with Gasteiger partial charge in [-0.25, -0.2) is 4.98 Å². The zero-order chi connectivity index (χ0) is 22.1. The predicted molar refractivity (Wildman–Crippen MR) is 123 cm³/mol. The minimum Gasteiger partial charge on any atom is -0.340 e. The highest BCUT2D eigenvalue weighted by atomic mass is 32.1. The van der Waals surface area contributed by atoms with Crippen LogP contribution in [0.1, 0.15) is 46.4 Å². The summed E-state index contributed by atoms with van der Waals surface area (Å²) in [5.74, 6) is 0.0866. The Labute approximate surface area is 190 Å². The lowest BCUT2D eigenvalue weighted by Gasteiger charge is -2.34. The highest BCUT2D eigenvalue weighted by molar-refractivity contribution is 7.15. The molecule has 32 heavy (non-hydrogen) atoms. The van der Waals surface area contributed by atoms with E-state index in [-0.39, 0.29) is 30.1 Å². The van der Waals surface area contributed by atoms with Crippen LogP contribution in [0, 0.1) is 0 Å². The number of carbonyl (C=O) groups excluding carboxylic acids is 2. The van der Waals surface area contributed by atoms with Crippen molar-refractivity contribution >= 4 is 28.0 Å². The van der Waals surface area contributed by atoms with E-state index in [2.05, 4.69) is 16.0 Å². The minimum atomic E-state index is -0.0619. The molecule has 1 saturated heterocycles. The fourth-order valence-electron chi connectivity index (χ4n) is 4.62. The van der Waals surface area contributed by atoms with Crippen LogP contribution in [0.4, 0.5) is 0 Å². The average molecular weight is 451 g/mol. The molecule has 1 aliphatic carbocycles. The van der Waals surface area contributed by atoms with E-state index in [1.807, 2.05) is 22.4 Å². The second kappa shape index (κ2) is 8.96. The molecule has 3 aromatic rings. The summed E-state index contributed by atoms with van der Waals surface area (Å²) in [5, 5.41) is 1.85. The smallest absolute Gasteiger partial charge is 0.258 e. The maximum Gasteiger partial charge on any atom is 0.258 e. The Morgan fingerprint density at radius 1 is 1.00 bits per heavy atom. The molecule has 2 aliphatic rings. The van der Waals surface area contributed by atoms with Crippen molar-refractivity contribution in [3.8, 4) is 0 Å². The van der Waals surface area contributed by atoms with E-state index in [4.69, 9.17) is 0 Å². The summed E-state index contributed by atoms with van der Waals surface area (Å²) >= 11 is 1.45. The Bertz CT molecular complexity index is 1220. The first-order valence-corrected chi connectivity index (χ1v) is 12.1. The number of hydrogen-bond donors (Lipinski definition) is 0. The second-order valence-corrected chi connectivity index (χ2v) is 9.43. The number of amides is 1. The standard InChI is InChI=1S/C24H26N4O3S/c29-21(19-5-4-17-2-1-3-18(17)14-19)6-7-22(30)27-10-8-26(9-11-27)16-20-15-23(31)28-12-13-32-24(28)25-20/h4-5,12-15H,1-3,6-11,16H2. The summed E-state index contributed by atoms with van der Waals surface area (Å²) < 4.78 is 1.55. The van der Waals surface area contributed by atoms with Crippen molar-refractivity contribution in [2.24, 2.45) is 0 Å². The maximum absolute atomic E-state index is 12.6. The third-order valence-corrected chi connectivity index (χ3v) is 7.21. The number of carbonyl (C=O) groups is 2. The Morgan fingerprint density at radius 3 is 2.66 bits per heavy atom. The van der Waals surface area contributed by atoms with Crippen LogP contribution in [0.25, 0.3) is 4.96 Å². The molecule has 1 aromatic carbocycles. The zero-order valence-electron chi connectivity index (χ0n) is 18.0. The van der Waals surface area contributed by atoms with Crippen molar-refractivity contribution in [2.75, 3.05) is 26.2 Å². The molecule has 1 fully saturated rings. The van der Waals surface area contributed by atoms with Gasteiger partial charge in [0.05, 0.1) is 5.69 Å². The van der Waals surface area contributed by atoms with Crippen LogP contribution in [0.5, 0.6) is 0 Å². The van der Waals surface area contributed by atoms with Gasteiger partial charge in [0.25, 0.3) is 5.56 Å². The van der Waals surface area contributed by atoms with Gasteiger partial charge < -0.3 is 4.90 Å². The summed E-state index contributed by atoms with van der Waals surface area (Å²) in [7, 11) is 0. The molecule has 5 rings (SSSR count). The zero-order valence-corrected chi connectivity index (χ0v) is 18.8. The van der Waals surface area contributed by atoms with Gasteiger partial charge in [-0.2, -0.15) is 0 Å². The molecule has 0 N–H and O–H groups in total. The number of hydrogen-bond acceptors (Lipinski definition) is 6. The Kier molecular flexibility index (Phi) is 5.89. The number of aryl methyl sites for hydroxylation is 2. The highest BCUT2D eigenvalue weighted by Gasteiger charge is 2.23. The van der Waals surface area contributed by atoms with Crippen LogP contribution in [-0.4, -0.2) is 57.1 Å². The fourth-order valence-corrected chi connectivity index (χ4v) is 5.36. The number of rotatable bonds is 6. The lowest BCUT2D eigenvalue weighted by atomic mass is 10.0. The molecular formula is C24H26N4O3S. The van der Waals surface area contributed by atoms with Gasteiger partial charge in [0.15, 0.2) is 10.7 Å². The third kappa shape index (κ3) is 4.38. The average Bonchev–Trinajstić information content (AvgIpc) is 3.47. The molecule has 166 valence electrons. The summed E-state index contributed by atoms with van der Waals surface area (Å²) in [6, 6.07) is 7.57. The van der Waals surface area contributed by atoms with E-state index in [1.165, 1.54) is 22.5 Å². The van der Waals surface area contributed by atoms with Crippen LogP contribution in [0.15, 0.2) is 40.6 Å². The molecule has 0 saturated carbocycles. The van der Waals surface area contributed by atoms with E-state index < -0.39 is 0 Å². The Hall–Kier alpha value is -2.84. The number of piperazine rings is 1. The molecular weight excluding hydrogens is 424 g/mol. The van der Waals surface area contributed by atoms with Crippen LogP contribution in [-0.2, 0) is 24.2 Å². The molecule has 8 heteroatoms. The summed E-state index contributed by atoms with van der Waals surface area (Å²) in [6.45, 7) is 3.33. The number of aromatic nitrogens is 2. The van der Waals surface area contributed by atoms with Crippen molar-refractivity contribution < 1.29 is 9.59 Å². The van der Waals surface area contributed by atoms with Crippen molar-refractivity contribution in [1.82, 2.24) is 19.2 Å². The molecule has 2 aromatic heterocycles. The SMILES string of the molecule is O=C(CCC(=O)N1CCN(Cc2cc(=O)n3ccsc3n2)CC1)c1ccc2c(c1)CCC2. The van der Waals surface area contributed by atoms with Gasteiger partial charge in [0.2, 0.25) is 5.91 Å². The molecule has 7 nitrogen and oxygen atoms in total. The Morgan fingerprint density at radius 2 is 1.81 bits per heavy atom. The third-order valence-electron chi connectivity index (χ3n) is 6.45. The molecule has 0 atom stereocenters. The number of nitrogens with zero attached hydrogens (tertiary/aromatic N) is 4. The van der Waals surface area contributed by atoms with E-state index in [9.17, 15) is 14.4 Å². The Balaban J connectivity index is 1.11. The van der Waals surface area contributed by atoms with Crippen molar-refractivity contribution in [3.05, 3.63) is 68.6 Å². The number of thiazole rings is 1. The van der Waals surface area contributed by atoms with Crippen molar-refractivity contribution in [2.45, 2.75) is 38.6 Å². The summed E-state index contributed by atoms with van der Waals surface area (Å²) in [5.41, 5.74) is 4.07. The highest BCUT2D eigenvalue weighted by Crippen LogP contribution is 2.23. The molecule has 0 spiro atoms. The normalized spacial score (nSPS) is 16.4. The number of fused-ring (bicyclic) bond motifs is 2. The summed E-state index contributed by atoms with van der Waals surface area (Å²) in [6.07, 6.45) is 5.55. The number of benzene rings is 1. The number of Topliss-reactive ketones (excluding diaryl/α,β-unsaturated/α-hetero) is 1. The van der Waals surface area contributed by atoms with Gasteiger partial charge in [0.1, 0.15) is 0 Å².